The highest BCUT2D eigenvalue weighted by atomic mass is 32.1. The quantitative estimate of drug-likeness (QED) is 0.126. The van der Waals surface area contributed by atoms with Crippen LogP contribution in [0.5, 0.6) is 0 Å². The number of thiophene rings is 1. The van der Waals surface area contributed by atoms with Crippen molar-refractivity contribution in [2.75, 3.05) is 29.4 Å². The van der Waals surface area contributed by atoms with Gasteiger partial charge in [-0.05, 0) is 199 Å². The summed E-state index contributed by atoms with van der Waals surface area (Å²) in [6.07, 6.45) is 0. The highest BCUT2D eigenvalue weighted by Crippen LogP contribution is 2.56. The van der Waals surface area contributed by atoms with E-state index in [1.165, 1.54) is 76.4 Å². The van der Waals surface area contributed by atoms with Gasteiger partial charge in [0.25, 0.3) is 13.4 Å². The Morgan fingerprint density at radius 1 is 0.248 bits per heavy atom. The molecule has 101 heavy (non-hydrogen) atoms. The smallest absolute Gasteiger partial charge is 0.264 e. The molecule has 0 N–H and O–H groups in total. The predicted molar refractivity (Wildman–Crippen MR) is 437 cm³/mol. The molecule has 1 aromatic heterocycles. The van der Waals surface area contributed by atoms with Gasteiger partial charge in [0.15, 0.2) is 0 Å². The van der Waals surface area contributed by atoms with Crippen LogP contribution in [0.25, 0.3) is 0 Å². The fraction of sp³-hybridized carbons (Fsp3) is 0.174. The Morgan fingerprint density at radius 3 is 0.752 bits per heavy atom. The van der Waals surface area contributed by atoms with Crippen LogP contribution in [0.15, 0.2) is 291 Å². The van der Waals surface area contributed by atoms with Crippen LogP contribution in [-0.4, -0.2) is 13.4 Å². The molecule has 0 amide bonds. The molecular formula is C92H84B2N6S. The van der Waals surface area contributed by atoms with Crippen LogP contribution in [0.4, 0.5) is 102 Å². The lowest BCUT2D eigenvalue weighted by Gasteiger charge is -2.46. The lowest BCUT2D eigenvalue weighted by atomic mass is 9.35. The molecule has 12 aromatic carbocycles. The zero-order valence-corrected chi connectivity index (χ0v) is 60.8. The van der Waals surface area contributed by atoms with Crippen molar-refractivity contribution < 1.29 is 0 Å². The minimum atomic E-state index is -0.167. The Balaban J connectivity index is 0.995. The van der Waals surface area contributed by atoms with Gasteiger partial charge in [0.05, 0.1) is 22.7 Å². The third kappa shape index (κ3) is 10.8. The van der Waals surface area contributed by atoms with E-state index in [0.717, 1.165) is 79.6 Å². The van der Waals surface area contributed by atoms with Crippen molar-refractivity contribution in [1.29, 1.82) is 0 Å². The van der Waals surface area contributed by atoms with Gasteiger partial charge < -0.3 is 29.4 Å². The van der Waals surface area contributed by atoms with Gasteiger partial charge in [0.1, 0.15) is 0 Å². The molecule has 0 aliphatic carbocycles. The second-order valence-electron chi connectivity index (χ2n) is 31.8. The number of nitrogens with zero attached hydrogens (tertiary/aromatic N) is 6. The highest BCUT2D eigenvalue weighted by molar-refractivity contribution is 7.38. The molecule has 494 valence electrons. The summed E-state index contributed by atoms with van der Waals surface area (Å²) in [6.45, 7) is 27.3. The third-order valence-corrected chi connectivity index (χ3v) is 22.5. The number of hydrogen-bond donors (Lipinski definition) is 0. The minimum absolute atomic E-state index is 0.0335. The normalized spacial score (nSPS) is 13.6. The Bertz CT molecular complexity index is 4840. The summed E-state index contributed by atoms with van der Waals surface area (Å²) in [5.74, 6) is 0. The number of para-hydroxylation sites is 6. The van der Waals surface area contributed by atoms with Crippen LogP contribution < -0.4 is 60.8 Å². The van der Waals surface area contributed by atoms with Crippen LogP contribution in [0.3, 0.4) is 0 Å². The maximum Gasteiger partial charge on any atom is 0.264 e. The van der Waals surface area contributed by atoms with Gasteiger partial charge in [-0.15, -0.1) is 0 Å². The lowest BCUT2D eigenvalue weighted by molar-refractivity contribution is 0.590. The largest absolute Gasteiger partial charge is 0.311 e. The zero-order chi connectivity index (χ0) is 69.4. The van der Waals surface area contributed by atoms with Crippen molar-refractivity contribution >= 4 is 159 Å². The monoisotopic (exact) mass is 1330 g/mol. The first-order valence-electron chi connectivity index (χ1n) is 35.8. The van der Waals surface area contributed by atoms with Gasteiger partial charge in [0.2, 0.25) is 0 Å². The van der Waals surface area contributed by atoms with Gasteiger partial charge in [-0.25, -0.2) is 0 Å². The Hall–Kier alpha value is -10.7. The average Bonchev–Trinajstić information content (AvgIpc) is 1.59. The van der Waals surface area contributed by atoms with E-state index >= 15 is 0 Å². The number of benzene rings is 12. The lowest BCUT2D eigenvalue weighted by Crippen LogP contribution is -2.60. The van der Waals surface area contributed by atoms with Crippen molar-refractivity contribution in [2.45, 2.75) is 105 Å². The van der Waals surface area contributed by atoms with E-state index in [2.05, 4.69) is 404 Å². The maximum atomic E-state index is 2.67. The molecule has 6 nitrogen and oxygen atoms in total. The molecule has 0 saturated carbocycles. The molecule has 0 saturated heterocycles. The minimum Gasteiger partial charge on any atom is -0.311 e. The van der Waals surface area contributed by atoms with Gasteiger partial charge in [-0.3, -0.25) is 0 Å². The van der Waals surface area contributed by atoms with Crippen LogP contribution in [0.2, 0.25) is 0 Å². The van der Waals surface area contributed by atoms with Crippen molar-refractivity contribution in [3.8, 4) is 0 Å². The molecule has 0 radical (unpaired) electrons. The van der Waals surface area contributed by atoms with Crippen LogP contribution in [0.1, 0.15) is 105 Å². The van der Waals surface area contributed by atoms with Crippen LogP contribution in [-0.2, 0) is 21.7 Å². The molecule has 0 atom stereocenters. The number of hydrogen-bond acceptors (Lipinski definition) is 7. The summed E-state index contributed by atoms with van der Waals surface area (Å²) >= 11 is 2.01. The van der Waals surface area contributed by atoms with Crippen molar-refractivity contribution in [2.24, 2.45) is 0 Å². The van der Waals surface area contributed by atoms with Gasteiger partial charge >= 0.3 is 0 Å². The summed E-state index contributed by atoms with van der Waals surface area (Å²) < 4.78 is 2.62. The molecule has 0 spiro atoms. The first-order valence-corrected chi connectivity index (χ1v) is 36.6. The molecule has 0 bridgehead atoms. The van der Waals surface area contributed by atoms with E-state index in [-0.39, 0.29) is 35.1 Å². The Morgan fingerprint density at radius 2 is 0.485 bits per heavy atom. The van der Waals surface area contributed by atoms with Crippen LogP contribution in [0, 0.1) is 0 Å². The van der Waals surface area contributed by atoms with Crippen molar-refractivity contribution in [3.63, 3.8) is 0 Å². The fourth-order valence-electron chi connectivity index (χ4n) is 16.0. The second kappa shape index (κ2) is 24.0. The standard InChI is InChI=1S/C92H84B2N6S/c1-89(2,3)61-41-49-69(50-42-61)95(70-51-43-62(44-52-70)90(4,5)6)73-57-79-83-81(59-73)99(67-33-21-15-22-34-67)85-86-88(101-87(85)93(83)75-37-25-27-39-77(75)97(79)65-29-17-13-18-30-65)94-76-38-26-28-40-78(76)98(66-31-19-14-20-32-66)80-58-74(60-82(84(80)94)100(86)68-35-23-16-24-36-68)96(71-53-45-63(46-54-71)91(7,8)9)72-55-47-64(48-56-72)92(10,11)12/h13-60H,1-12H3. The maximum absolute atomic E-state index is 2.67. The highest BCUT2D eigenvalue weighted by Gasteiger charge is 2.52. The second-order valence-corrected chi connectivity index (χ2v) is 32.9. The summed E-state index contributed by atoms with van der Waals surface area (Å²) in [7, 11) is 0. The van der Waals surface area contributed by atoms with Gasteiger partial charge in [-0.2, -0.15) is 11.3 Å². The molecule has 9 heteroatoms. The fourth-order valence-corrected chi connectivity index (χ4v) is 17.6. The summed E-state index contributed by atoms with van der Waals surface area (Å²) in [6, 6.07) is 111. The van der Waals surface area contributed by atoms with Crippen molar-refractivity contribution in [1.82, 2.24) is 0 Å². The number of fused-ring (bicyclic) bond motifs is 9. The van der Waals surface area contributed by atoms with Crippen molar-refractivity contribution in [3.05, 3.63) is 313 Å². The first-order chi connectivity index (χ1) is 48.7. The van der Waals surface area contributed by atoms with Gasteiger partial charge in [0, 0.05) is 89.2 Å². The summed E-state index contributed by atoms with van der Waals surface area (Å²) in [5.41, 5.74) is 30.3. The van der Waals surface area contributed by atoms with E-state index in [4.69, 9.17) is 0 Å². The van der Waals surface area contributed by atoms with Gasteiger partial charge in [-0.1, -0.05) is 241 Å². The average molecular weight is 1330 g/mol. The third-order valence-electron chi connectivity index (χ3n) is 21.2. The predicted octanol–water partition coefficient (Wildman–Crippen LogP) is 22.0. The van der Waals surface area contributed by atoms with E-state index in [9.17, 15) is 0 Å². The first kappa shape index (κ1) is 63.7. The van der Waals surface area contributed by atoms with E-state index in [0.29, 0.717) is 0 Å². The molecule has 13 aromatic rings. The number of rotatable bonds is 10. The molecule has 4 aliphatic heterocycles. The molecule has 0 unspecified atom stereocenters. The summed E-state index contributed by atoms with van der Waals surface area (Å²) in [5, 5.41) is 0. The molecule has 0 fully saturated rings. The van der Waals surface area contributed by atoms with E-state index in [1.807, 2.05) is 11.3 Å². The van der Waals surface area contributed by atoms with E-state index < -0.39 is 0 Å². The van der Waals surface area contributed by atoms with E-state index in [1.54, 1.807) is 0 Å². The molecule has 5 heterocycles. The zero-order valence-electron chi connectivity index (χ0n) is 60.0. The van der Waals surface area contributed by atoms with Crippen LogP contribution >= 0.6 is 11.3 Å². The Kier molecular flexibility index (Phi) is 15.1. The summed E-state index contributed by atoms with van der Waals surface area (Å²) in [4.78, 5) is 15.4. The SMILES string of the molecule is CC(C)(C)c1ccc(N(c2ccc(C(C)(C)C)cc2)c2cc3c4c(c2)N(c2ccccc2)c2c(sc5c2N(c2ccccc2)c2cc(N(c6ccc(C(C)(C)C)cc6)c6ccc(C(C)(C)C)cc6)cc6c2B5c2ccccc2N6c2ccccc2)B4c2ccccc2N3c2ccccc2)cc1. The Labute approximate surface area is 602 Å². The number of anilines is 18. The molecule has 4 aliphatic rings. The topological polar surface area (TPSA) is 19.4 Å². The molecule has 17 rings (SSSR count). The molecular weight excluding hydrogens is 1240 g/mol.